The van der Waals surface area contributed by atoms with Gasteiger partial charge in [-0.3, -0.25) is 5.43 Å². The molecule has 27 heavy (non-hydrogen) atoms. The zero-order valence-corrected chi connectivity index (χ0v) is 17.0. The van der Waals surface area contributed by atoms with Gasteiger partial charge in [-0.1, -0.05) is 64.5 Å². The fourth-order valence-corrected chi connectivity index (χ4v) is 2.95. The molecule has 4 nitrogen and oxygen atoms in total. The van der Waals surface area contributed by atoms with E-state index in [2.05, 4.69) is 38.0 Å². The normalized spacial score (nSPS) is 11.3. The fourth-order valence-electron chi connectivity index (χ4n) is 2.69. The van der Waals surface area contributed by atoms with Crippen LogP contribution in [0.2, 0.25) is 0 Å². The van der Waals surface area contributed by atoms with Gasteiger partial charge >= 0.3 is 0 Å². The molecule has 2 aromatic carbocycles. The summed E-state index contributed by atoms with van der Waals surface area (Å²) in [7, 11) is 0. The quantitative estimate of drug-likeness (QED) is 0.312. The number of nitrogens with one attached hydrogen (secondary N) is 1. The van der Waals surface area contributed by atoms with Crippen molar-refractivity contribution in [1.82, 2.24) is 9.97 Å². The SMILES string of the molecule is C=CCc1c(C)nc(-c2ccccc2)nc1NN=C(C)c1ccc(Br)cc1. The molecule has 0 saturated carbocycles. The van der Waals surface area contributed by atoms with Crippen LogP contribution >= 0.6 is 15.9 Å². The van der Waals surface area contributed by atoms with Crippen LogP contribution in [0.25, 0.3) is 11.4 Å². The van der Waals surface area contributed by atoms with Gasteiger partial charge in [0.05, 0.1) is 5.71 Å². The van der Waals surface area contributed by atoms with Gasteiger partial charge in [0.1, 0.15) is 0 Å². The van der Waals surface area contributed by atoms with E-state index in [0.29, 0.717) is 18.1 Å². The van der Waals surface area contributed by atoms with Gasteiger partial charge in [0, 0.05) is 21.3 Å². The van der Waals surface area contributed by atoms with Crippen LogP contribution in [-0.4, -0.2) is 15.7 Å². The van der Waals surface area contributed by atoms with E-state index in [1.807, 2.05) is 74.5 Å². The Balaban J connectivity index is 1.96. The molecule has 1 N–H and O–H groups in total. The zero-order chi connectivity index (χ0) is 19.2. The Morgan fingerprint density at radius 1 is 1.11 bits per heavy atom. The van der Waals surface area contributed by atoms with Gasteiger partial charge in [-0.2, -0.15) is 5.10 Å². The lowest BCUT2D eigenvalue weighted by atomic mass is 10.1. The topological polar surface area (TPSA) is 50.2 Å². The van der Waals surface area contributed by atoms with Crippen LogP contribution in [0.4, 0.5) is 5.82 Å². The van der Waals surface area contributed by atoms with Crippen molar-refractivity contribution >= 4 is 27.5 Å². The zero-order valence-electron chi connectivity index (χ0n) is 15.4. The molecule has 3 aromatic rings. The summed E-state index contributed by atoms with van der Waals surface area (Å²) in [4.78, 5) is 9.38. The van der Waals surface area contributed by atoms with E-state index in [9.17, 15) is 0 Å². The third kappa shape index (κ3) is 4.68. The molecule has 136 valence electrons. The second-order valence-electron chi connectivity index (χ2n) is 6.13. The molecular formula is C22H21BrN4. The molecule has 1 heterocycles. The lowest BCUT2D eigenvalue weighted by molar-refractivity contribution is 1.03. The van der Waals surface area contributed by atoms with Crippen LogP contribution in [0.3, 0.4) is 0 Å². The Labute approximate surface area is 168 Å². The van der Waals surface area contributed by atoms with Crippen molar-refractivity contribution in [3.05, 3.63) is 88.5 Å². The summed E-state index contributed by atoms with van der Waals surface area (Å²) >= 11 is 3.45. The summed E-state index contributed by atoms with van der Waals surface area (Å²) in [6.45, 7) is 7.80. The number of anilines is 1. The molecule has 0 spiro atoms. The largest absolute Gasteiger partial charge is 0.261 e. The minimum atomic E-state index is 0.677. The number of hydrogen-bond acceptors (Lipinski definition) is 4. The number of allylic oxidation sites excluding steroid dienone is 1. The molecule has 3 rings (SSSR count). The standard InChI is InChI=1S/C22H21BrN4/c1-4-8-20-16(3)24-21(18-9-6-5-7-10-18)25-22(20)27-26-15(2)17-11-13-19(23)14-12-17/h4-7,9-14H,1,8H2,2-3H3,(H,24,25,27). The highest BCUT2D eigenvalue weighted by molar-refractivity contribution is 9.10. The Morgan fingerprint density at radius 3 is 2.48 bits per heavy atom. The average Bonchev–Trinajstić information content (AvgIpc) is 2.69. The van der Waals surface area contributed by atoms with Gasteiger partial charge in [0.15, 0.2) is 11.6 Å². The van der Waals surface area contributed by atoms with Crippen LogP contribution in [0.15, 0.2) is 76.8 Å². The molecule has 0 radical (unpaired) electrons. The highest BCUT2D eigenvalue weighted by Crippen LogP contribution is 2.23. The van der Waals surface area contributed by atoms with E-state index < -0.39 is 0 Å². The fraction of sp³-hybridized carbons (Fsp3) is 0.136. The monoisotopic (exact) mass is 420 g/mol. The van der Waals surface area contributed by atoms with Crippen molar-refractivity contribution in [2.45, 2.75) is 20.3 Å². The number of hydrazone groups is 1. The maximum Gasteiger partial charge on any atom is 0.161 e. The Kier molecular flexibility index (Phi) is 6.14. The van der Waals surface area contributed by atoms with Crippen molar-refractivity contribution < 1.29 is 0 Å². The summed E-state index contributed by atoms with van der Waals surface area (Å²) in [6, 6.07) is 18.0. The molecule has 0 aliphatic rings. The van der Waals surface area contributed by atoms with Gasteiger partial charge < -0.3 is 0 Å². The Bertz CT molecular complexity index is 964. The molecule has 0 saturated heterocycles. The van der Waals surface area contributed by atoms with Crippen LogP contribution in [0, 0.1) is 6.92 Å². The Morgan fingerprint density at radius 2 is 1.81 bits per heavy atom. The first kappa shape index (κ1) is 19.0. The van der Waals surface area contributed by atoms with Crippen LogP contribution in [-0.2, 0) is 6.42 Å². The lowest BCUT2D eigenvalue weighted by Gasteiger charge is -2.12. The van der Waals surface area contributed by atoms with Crippen LogP contribution < -0.4 is 5.43 Å². The van der Waals surface area contributed by atoms with Crippen molar-refractivity contribution in [3.63, 3.8) is 0 Å². The number of aromatic nitrogens is 2. The van der Waals surface area contributed by atoms with E-state index in [1.165, 1.54) is 0 Å². The van der Waals surface area contributed by atoms with E-state index in [0.717, 1.165) is 32.6 Å². The summed E-state index contributed by atoms with van der Waals surface area (Å²) in [5, 5.41) is 4.54. The summed E-state index contributed by atoms with van der Waals surface area (Å²) in [5.41, 5.74) is 7.96. The minimum absolute atomic E-state index is 0.677. The van der Waals surface area contributed by atoms with E-state index >= 15 is 0 Å². The molecule has 0 aliphatic heterocycles. The van der Waals surface area contributed by atoms with Gasteiger partial charge in [0.25, 0.3) is 0 Å². The first-order valence-electron chi connectivity index (χ1n) is 8.68. The van der Waals surface area contributed by atoms with Crippen LogP contribution in [0.1, 0.15) is 23.7 Å². The molecule has 0 fully saturated rings. The maximum absolute atomic E-state index is 4.72. The third-order valence-electron chi connectivity index (χ3n) is 4.19. The van der Waals surface area contributed by atoms with E-state index in [-0.39, 0.29) is 0 Å². The first-order chi connectivity index (χ1) is 13.1. The van der Waals surface area contributed by atoms with Gasteiger partial charge in [-0.15, -0.1) is 6.58 Å². The molecule has 0 unspecified atom stereocenters. The predicted octanol–water partition coefficient (Wildman–Crippen LogP) is 5.78. The number of nitrogens with zero attached hydrogens (tertiary/aromatic N) is 3. The molecule has 0 amide bonds. The van der Waals surface area contributed by atoms with E-state index in [4.69, 9.17) is 4.98 Å². The molecule has 0 aliphatic carbocycles. The number of hydrogen-bond donors (Lipinski definition) is 1. The van der Waals surface area contributed by atoms with Crippen molar-refractivity contribution in [2.75, 3.05) is 5.43 Å². The third-order valence-corrected chi connectivity index (χ3v) is 4.71. The smallest absolute Gasteiger partial charge is 0.161 e. The van der Waals surface area contributed by atoms with E-state index in [1.54, 1.807) is 0 Å². The van der Waals surface area contributed by atoms with Gasteiger partial charge in [-0.05, 0) is 38.0 Å². The summed E-state index contributed by atoms with van der Waals surface area (Å²) in [6.07, 6.45) is 2.53. The molecule has 1 aromatic heterocycles. The maximum atomic E-state index is 4.72. The molecule has 0 bridgehead atoms. The second kappa shape index (κ2) is 8.73. The van der Waals surface area contributed by atoms with Crippen LogP contribution in [0.5, 0.6) is 0 Å². The first-order valence-corrected chi connectivity index (χ1v) is 9.48. The number of rotatable bonds is 6. The van der Waals surface area contributed by atoms with Gasteiger partial charge in [0.2, 0.25) is 0 Å². The second-order valence-corrected chi connectivity index (χ2v) is 7.05. The molecule has 5 heteroatoms. The van der Waals surface area contributed by atoms with Gasteiger partial charge in [-0.25, -0.2) is 9.97 Å². The summed E-state index contributed by atoms with van der Waals surface area (Å²) < 4.78 is 1.04. The number of aryl methyl sites for hydroxylation is 1. The van der Waals surface area contributed by atoms with Crippen molar-refractivity contribution in [2.24, 2.45) is 5.10 Å². The predicted molar refractivity (Wildman–Crippen MR) is 116 cm³/mol. The number of benzene rings is 2. The minimum Gasteiger partial charge on any atom is -0.261 e. The number of halogens is 1. The average molecular weight is 421 g/mol. The van der Waals surface area contributed by atoms with Crippen molar-refractivity contribution in [1.29, 1.82) is 0 Å². The Hall–Kier alpha value is -2.79. The highest BCUT2D eigenvalue weighted by atomic mass is 79.9. The highest BCUT2D eigenvalue weighted by Gasteiger charge is 2.12. The summed E-state index contributed by atoms with van der Waals surface area (Å²) in [5.74, 6) is 1.39. The lowest BCUT2D eigenvalue weighted by Crippen LogP contribution is -2.07. The molecule has 0 atom stereocenters. The molecular weight excluding hydrogens is 400 g/mol. The van der Waals surface area contributed by atoms with Crippen molar-refractivity contribution in [3.8, 4) is 11.4 Å².